The van der Waals surface area contributed by atoms with Gasteiger partial charge in [-0.1, -0.05) is 31.9 Å². The Bertz CT molecular complexity index is 651. The minimum Gasteiger partial charge on any atom is -0.393 e. The lowest BCUT2D eigenvalue weighted by atomic mass is 9.47. The number of allylic oxidation sites excluding steroid dienone is 1. The van der Waals surface area contributed by atoms with Gasteiger partial charge in [-0.15, -0.1) is 0 Å². The third-order valence-electron chi connectivity index (χ3n) is 10.5. The van der Waals surface area contributed by atoms with Gasteiger partial charge in [-0.05, 0) is 113 Å². The average molecular weight is 387 g/mol. The van der Waals surface area contributed by atoms with Gasteiger partial charge in [0.2, 0.25) is 0 Å². The number of hydrogen-bond donors (Lipinski definition) is 1. The molecular weight excluding hydrogens is 344 g/mol. The smallest absolute Gasteiger partial charge is 0.0892 e. The van der Waals surface area contributed by atoms with Crippen LogP contribution in [0, 0.1) is 34.5 Å². The molecule has 6 unspecified atom stereocenters. The number of hydrogen-bond acceptors (Lipinski definition) is 2. The third kappa shape index (κ3) is 2.96. The van der Waals surface area contributed by atoms with Crippen molar-refractivity contribution < 1.29 is 9.84 Å². The van der Waals surface area contributed by atoms with E-state index < -0.39 is 0 Å². The first kappa shape index (κ1) is 19.6. The van der Waals surface area contributed by atoms with Crippen molar-refractivity contribution in [2.75, 3.05) is 0 Å². The highest BCUT2D eigenvalue weighted by Gasteiger charge is 2.58. The molecule has 1 N–H and O–H groups in total. The molecule has 28 heavy (non-hydrogen) atoms. The fraction of sp³-hybridized carbons (Fsp3) is 0.923. The Morgan fingerprint density at radius 1 is 1.00 bits per heavy atom. The zero-order chi connectivity index (χ0) is 19.7. The predicted octanol–water partition coefficient (Wildman–Crippen LogP) is 6.27. The molecule has 0 bridgehead atoms. The van der Waals surface area contributed by atoms with Crippen LogP contribution in [0.1, 0.15) is 98.3 Å². The molecular formula is C26H42O2. The maximum absolute atomic E-state index is 10.2. The van der Waals surface area contributed by atoms with Crippen LogP contribution in [0.5, 0.6) is 0 Å². The summed E-state index contributed by atoms with van der Waals surface area (Å²) in [6.07, 6.45) is 17.3. The normalized spacial score (nSPS) is 51.7. The van der Waals surface area contributed by atoms with E-state index in [2.05, 4.69) is 33.8 Å². The second-order valence-corrected chi connectivity index (χ2v) is 12.1. The standard InChI is InChI=1S/C26H42O2/c1-24(2)23(28-24)7-5-6-17-9-11-21-20-10-8-18-16-19(27)12-14-26(18,4)22(20)13-15-25(17,21)3/h8,17,19-23,27H,5-7,9-16H2,1-4H3/t17-,19?,20?,21?,22?,23-,25?,26?/m0/s1. The van der Waals surface area contributed by atoms with E-state index in [0.29, 0.717) is 16.9 Å². The lowest BCUT2D eigenvalue weighted by molar-refractivity contribution is -0.0509. The minimum absolute atomic E-state index is 0.0824. The van der Waals surface area contributed by atoms with Gasteiger partial charge in [-0.2, -0.15) is 0 Å². The number of aliphatic hydroxyl groups excluding tert-OH is 1. The van der Waals surface area contributed by atoms with E-state index in [1.807, 2.05) is 0 Å². The number of aliphatic hydroxyl groups is 1. The summed E-state index contributed by atoms with van der Waals surface area (Å²) >= 11 is 0. The summed E-state index contributed by atoms with van der Waals surface area (Å²) in [5, 5.41) is 10.2. The molecule has 8 atom stereocenters. The van der Waals surface area contributed by atoms with E-state index in [4.69, 9.17) is 4.74 Å². The molecule has 1 heterocycles. The lowest BCUT2D eigenvalue weighted by Gasteiger charge is -2.58. The molecule has 3 saturated carbocycles. The van der Waals surface area contributed by atoms with Crippen LogP contribution < -0.4 is 0 Å². The van der Waals surface area contributed by atoms with Crippen LogP contribution in [0.15, 0.2) is 11.6 Å². The van der Waals surface area contributed by atoms with Gasteiger partial charge < -0.3 is 9.84 Å². The van der Waals surface area contributed by atoms with Gasteiger partial charge in [0.15, 0.2) is 0 Å². The third-order valence-corrected chi connectivity index (χ3v) is 10.5. The molecule has 0 aromatic rings. The summed E-state index contributed by atoms with van der Waals surface area (Å²) in [7, 11) is 0. The largest absolute Gasteiger partial charge is 0.393 e. The highest BCUT2D eigenvalue weighted by molar-refractivity contribution is 5.25. The molecule has 0 aromatic heterocycles. The van der Waals surface area contributed by atoms with Crippen molar-refractivity contribution in [1.82, 2.24) is 0 Å². The van der Waals surface area contributed by atoms with Crippen molar-refractivity contribution >= 4 is 0 Å². The van der Waals surface area contributed by atoms with Crippen molar-refractivity contribution in [2.45, 2.75) is 116 Å². The molecule has 2 heteroatoms. The SMILES string of the molecule is CC12CCC(O)CC1=CCC1C2CCC2(C)C1CC[C@@H]2CCC[C@@H]1OC1(C)C. The van der Waals surface area contributed by atoms with Gasteiger partial charge in [0.25, 0.3) is 0 Å². The summed E-state index contributed by atoms with van der Waals surface area (Å²) in [6.45, 7) is 9.69. The summed E-state index contributed by atoms with van der Waals surface area (Å²) in [6, 6.07) is 0. The summed E-state index contributed by atoms with van der Waals surface area (Å²) in [5.74, 6) is 3.65. The topological polar surface area (TPSA) is 32.8 Å². The van der Waals surface area contributed by atoms with Crippen molar-refractivity contribution in [3.63, 3.8) is 0 Å². The first-order valence-electron chi connectivity index (χ1n) is 12.3. The summed E-state index contributed by atoms with van der Waals surface area (Å²) < 4.78 is 5.82. The Kier molecular flexibility index (Phi) is 4.61. The molecule has 0 aromatic carbocycles. The first-order valence-corrected chi connectivity index (χ1v) is 12.3. The first-order chi connectivity index (χ1) is 13.2. The number of rotatable bonds is 4. The van der Waals surface area contributed by atoms with Crippen molar-refractivity contribution in [3.8, 4) is 0 Å². The van der Waals surface area contributed by atoms with Crippen LogP contribution >= 0.6 is 0 Å². The van der Waals surface area contributed by atoms with Crippen LogP contribution in [0.25, 0.3) is 0 Å². The molecule has 5 rings (SSSR count). The molecule has 0 amide bonds. The van der Waals surface area contributed by atoms with Crippen LogP contribution in [0.3, 0.4) is 0 Å². The fourth-order valence-corrected chi connectivity index (χ4v) is 8.51. The van der Waals surface area contributed by atoms with Gasteiger partial charge in [0.1, 0.15) is 0 Å². The van der Waals surface area contributed by atoms with E-state index in [9.17, 15) is 5.11 Å². The Labute approximate surface area is 172 Å². The average Bonchev–Trinajstić information content (AvgIpc) is 3.10. The molecule has 4 fully saturated rings. The van der Waals surface area contributed by atoms with Crippen molar-refractivity contribution in [2.24, 2.45) is 34.5 Å². The monoisotopic (exact) mass is 386 g/mol. The van der Waals surface area contributed by atoms with E-state index in [1.54, 1.807) is 5.57 Å². The Balaban J connectivity index is 1.27. The molecule has 1 saturated heterocycles. The van der Waals surface area contributed by atoms with Crippen LogP contribution in [-0.2, 0) is 4.74 Å². The second kappa shape index (κ2) is 6.58. The Morgan fingerprint density at radius 2 is 1.79 bits per heavy atom. The van der Waals surface area contributed by atoms with Gasteiger partial charge in [0.05, 0.1) is 17.8 Å². The number of fused-ring (bicyclic) bond motifs is 5. The van der Waals surface area contributed by atoms with E-state index >= 15 is 0 Å². The highest BCUT2D eigenvalue weighted by Crippen LogP contribution is 2.66. The van der Waals surface area contributed by atoms with Gasteiger partial charge in [0, 0.05) is 0 Å². The second-order valence-electron chi connectivity index (χ2n) is 12.1. The Hall–Kier alpha value is -0.340. The van der Waals surface area contributed by atoms with Gasteiger partial charge in [-0.25, -0.2) is 0 Å². The molecule has 4 aliphatic carbocycles. The predicted molar refractivity (Wildman–Crippen MR) is 114 cm³/mol. The van der Waals surface area contributed by atoms with Gasteiger partial charge in [-0.3, -0.25) is 0 Å². The molecule has 0 spiro atoms. The number of ether oxygens (including phenoxy) is 1. The van der Waals surface area contributed by atoms with Crippen molar-refractivity contribution in [3.05, 3.63) is 11.6 Å². The van der Waals surface area contributed by atoms with Crippen LogP contribution in [-0.4, -0.2) is 22.9 Å². The quantitative estimate of drug-likeness (QED) is 0.456. The Morgan fingerprint density at radius 3 is 2.54 bits per heavy atom. The molecule has 1 aliphatic heterocycles. The van der Waals surface area contributed by atoms with Gasteiger partial charge >= 0.3 is 0 Å². The minimum atomic E-state index is -0.0824. The zero-order valence-electron chi connectivity index (χ0n) is 18.7. The molecule has 0 radical (unpaired) electrons. The maximum atomic E-state index is 10.2. The fourth-order valence-electron chi connectivity index (χ4n) is 8.51. The summed E-state index contributed by atoms with van der Waals surface area (Å²) in [4.78, 5) is 0. The van der Waals surface area contributed by atoms with Crippen LogP contribution in [0.4, 0.5) is 0 Å². The molecule has 5 aliphatic rings. The molecule has 2 nitrogen and oxygen atoms in total. The van der Waals surface area contributed by atoms with E-state index in [1.165, 1.54) is 57.8 Å². The van der Waals surface area contributed by atoms with Crippen LogP contribution in [0.2, 0.25) is 0 Å². The zero-order valence-corrected chi connectivity index (χ0v) is 18.7. The van der Waals surface area contributed by atoms with E-state index in [0.717, 1.165) is 36.5 Å². The summed E-state index contributed by atoms with van der Waals surface area (Å²) in [5.41, 5.74) is 2.74. The highest BCUT2D eigenvalue weighted by atomic mass is 16.6. The van der Waals surface area contributed by atoms with E-state index in [-0.39, 0.29) is 11.7 Å². The maximum Gasteiger partial charge on any atom is 0.0892 e. The lowest BCUT2D eigenvalue weighted by Crippen LogP contribution is -2.50. The van der Waals surface area contributed by atoms with Crippen molar-refractivity contribution in [1.29, 1.82) is 0 Å². The molecule has 158 valence electrons. The number of epoxide rings is 1.